The minimum absolute atomic E-state index is 0.233. The van der Waals surface area contributed by atoms with Crippen LogP contribution in [0.4, 0.5) is 0 Å². The zero-order valence-electron chi connectivity index (χ0n) is 18.1. The molecule has 6 heteroatoms. The Morgan fingerprint density at radius 2 is 1.27 bits per heavy atom. The lowest BCUT2D eigenvalue weighted by Gasteiger charge is -2.63. The van der Waals surface area contributed by atoms with Crippen LogP contribution in [0, 0.1) is 29.6 Å². The molecule has 0 aromatic heterocycles. The molecule has 0 spiro atoms. The van der Waals surface area contributed by atoms with Crippen molar-refractivity contribution in [2.24, 2.45) is 29.6 Å². The van der Waals surface area contributed by atoms with Gasteiger partial charge < -0.3 is 18.9 Å². The van der Waals surface area contributed by atoms with E-state index in [0.29, 0.717) is 23.3 Å². The molecule has 4 bridgehead atoms. The molecule has 4 aliphatic carbocycles. The van der Waals surface area contributed by atoms with E-state index in [2.05, 4.69) is 0 Å². The SMILES string of the molecule is COc1cc(OC)cc(C2(C3C(=O)OC(C)(C)OC3=O)C3CC4CC(C3)CC2C4)c1. The van der Waals surface area contributed by atoms with Crippen LogP contribution in [0.25, 0.3) is 0 Å². The van der Waals surface area contributed by atoms with Crippen LogP contribution >= 0.6 is 0 Å². The van der Waals surface area contributed by atoms with Crippen molar-refractivity contribution in [3.8, 4) is 11.5 Å². The van der Waals surface area contributed by atoms with E-state index >= 15 is 0 Å². The number of methoxy groups -OCH3 is 2. The smallest absolute Gasteiger partial charge is 0.324 e. The number of esters is 2. The number of ether oxygens (including phenoxy) is 4. The highest BCUT2D eigenvalue weighted by atomic mass is 16.7. The second-order valence-electron chi connectivity index (χ2n) is 10.0. The van der Waals surface area contributed by atoms with E-state index in [9.17, 15) is 9.59 Å². The molecule has 1 saturated heterocycles. The highest BCUT2D eigenvalue weighted by molar-refractivity contribution is 5.99. The van der Waals surface area contributed by atoms with Crippen molar-refractivity contribution in [3.63, 3.8) is 0 Å². The summed E-state index contributed by atoms with van der Waals surface area (Å²) < 4.78 is 22.4. The second-order valence-corrected chi connectivity index (χ2v) is 10.0. The van der Waals surface area contributed by atoms with E-state index in [1.54, 1.807) is 28.1 Å². The molecule has 0 N–H and O–H groups in total. The Kier molecular flexibility index (Phi) is 4.35. The van der Waals surface area contributed by atoms with Crippen LogP contribution in [0.3, 0.4) is 0 Å². The van der Waals surface area contributed by atoms with Crippen LogP contribution in [0.2, 0.25) is 0 Å². The maximum Gasteiger partial charge on any atom is 0.324 e. The molecule has 30 heavy (non-hydrogen) atoms. The van der Waals surface area contributed by atoms with Gasteiger partial charge in [0.05, 0.1) is 14.2 Å². The summed E-state index contributed by atoms with van der Waals surface area (Å²) in [6.07, 6.45) is 5.41. The molecule has 6 rings (SSSR count). The van der Waals surface area contributed by atoms with Crippen LogP contribution < -0.4 is 9.47 Å². The summed E-state index contributed by atoms with van der Waals surface area (Å²) in [7, 11) is 3.24. The highest BCUT2D eigenvalue weighted by Crippen LogP contribution is 2.66. The third-order valence-electron chi connectivity index (χ3n) is 7.98. The van der Waals surface area contributed by atoms with E-state index < -0.39 is 29.1 Å². The van der Waals surface area contributed by atoms with Gasteiger partial charge in [-0.05, 0) is 73.5 Å². The predicted molar refractivity (Wildman–Crippen MR) is 108 cm³/mol. The lowest BCUT2D eigenvalue weighted by Crippen LogP contribution is -2.65. The van der Waals surface area contributed by atoms with Gasteiger partial charge >= 0.3 is 11.9 Å². The first-order valence-electron chi connectivity index (χ1n) is 11.0. The fraction of sp³-hybridized carbons (Fsp3) is 0.667. The standard InChI is InChI=1S/C24H30O6/c1-23(2)29-21(25)20(22(26)30-23)24(17-10-18(27-3)12-19(11-17)28-4)15-6-13-5-14(8-15)9-16(24)7-13/h10-16,20H,5-9H2,1-4H3. The van der Waals surface area contributed by atoms with E-state index in [1.165, 1.54) is 6.42 Å². The van der Waals surface area contributed by atoms with Crippen LogP contribution in [0.5, 0.6) is 11.5 Å². The fourth-order valence-electron chi connectivity index (χ4n) is 7.24. The van der Waals surface area contributed by atoms with Gasteiger partial charge in [0.2, 0.25) is 0 Å². The Bertz CT molecular complexity index is 817. The lowest BCUT2D eigenvalue weighted by molar-refractivity contribution is -0.250. The van der Waals surface area contributed by atoms with E-state index in [1.807, 2.05) is 18.2 Å². The van der Waals surface area contributed by atoms with Gasteiger partial charge in [-0.2, -0.15) is 0 Å². The van der Waals surface area contributed by atoms with Gasteiger partial charge in [-0.3, -0.25) is 9.59 Å². The molecule has 4 saturated carbocycles. The average Bonchev–Trinajstić information content (AvgIpc) is 2.67. The quantitative estimate of drug-likeness (QED) is 0.551. The van der Waals surface area contributed by atoms with E-state index in [0.717, 1.165) is 31.2 Å². The van der Waals surface area contributed by atoms with Crippen LogP contribution in [-0.2, 0) is 24.5 Å². The van der Waals surface area contributed by atoms with Crippen molar-refractivity contribution in [2.75, 3.05) is 14.2 Å². The summed E-state index contributed by atoms with van der Waals surface area (Å²) >= 11 is 0. The number of benzene rings is 1. The summed E-state index contributed by atoms with van der Waals surface area (Å²) in [6, 6.07) is 5.78. The Morgan fingerprint density at radius 1 is 0.800 bits per heavy atom. The number of cyclic esters (lactones) is 2. The van der Waals surface area contributed by atoms with Gasteiger partial charge in [0.25, 0.3) is 5.79 Å². The van der Waals surface area contributed by atoms with Gasteiger partial charge in [-0.15, -0.1) is 0 Å². The molecule has 5 fully saturated rings. The highest BCUT2D eigenvalue weighted by Gasteiger charge is 2.67. The predicted octanol–water partition coefficient (Wildman–Crippen LogP) is 3.85. The molecular formula is C24H30O6. The van der Waals surface area contributed by atoms with Gasteiger partial charge in [0.15, 0.2) is 5.92 Å². The molecule has 162 valence electrons. The fourth-order valence-corrected chi connectivity index (χ4v) is 7.24. The van der Waals surface area contributed by atoms with E-state index in [-0.39, 0.29) is 11.8 Å². The summed E-state index contributed by atoms with van der Waals surface area (Å²) in [5.41, 5.74) is 0.283. The van der Waals surface area contributed by atoms with Crippen molar-refractivity contribution in [2.45, 2.75) is 57.2 Å². The molecule has 0 amide bonds. The normalized spacial score (nSPS) is 36.9. The zero-order chi connectivity index (χ0) is 21.3. The largest absolute Gasteiger partial charge is 0.497 e. The summed E-state index contributed by atoms with van der Waals surface area (Å²) in [5.74, 6) is 0.0254. The summed E-state index contributed by atoms with van der Waals surface area (Å²) in [5, 5.41) is 0. The Morgan fingerprint density at radius 3 is 1.70 bits per heavy atom. The molecule has 0 radical (unpaired) electrons. The first-order valence-corrected chi connectivity index (χ1v) is 11.0. The topological polar surface area (TPSA) is 71.1 Å². The average molecular weight is 414 g/mol. The van der Waals surface area contributed by atoms with Crippen LogP contribution in [0.1, 0.15) is 51.5 Å². The van der Waals surface area contributed by atoms with Crippen molar-refractivity contribution >= 4 is 11.9 Å². The van der Waals surface area contributed by atoms with Gasteiger partial charge in [-0.1, -0.05) is 0 Å². The number of hydrogen-bond donors (Lipinski definition) is 0. The maximum absolute atomic E-state index is 13.3. The minimum Gasteiger partial charge on any atom is -0.497 e. The maximum atomic E-state index is 13.3. The Labute approximate surface area is 177 Å². The molecule has 1 heterocycles. The van der Waals surface area contributed by atoms with Gasteiger partial charge in [-0.25, -0.2) is 0 Å². The van der Waals surface area contributed by atoms with Crippen LogP contribution in [-0.4, -0.2) is 31.9 Å². The molecule has 5 aliphatic rings. The number of rotatable bonds is 4. The number of hydrogen-bond acceptors (Lipinski definition) is 6. The third-order valence-corrected chi connectivity index (χ3v) is 7.98. The second kappa shape index (κ2) is 6.63. The number of carbonyl (C=O) groups excluding carboxylic acids is 2. The lowest BCUT2D eigenvalue weighted by atomic mass is 9.40. The van der Waals surface area contributed by atoms with E-state index in [4.69, 9.17) is 18.9 Å². The van der Waals surface area contributed by atoms with Crippen LogP contribution in [0.15, 0.2) is 18.2 Å². The van der Waals surface area contributed by atoms with Crippen molar-refractivity contribution in [3.05, 3.63) is 23.8 Å². The first kappa shape index (κ1) is 19.7. The molecule has 1 aromatic carbocycles. The molecule has 0 atom stereocenters. The number of carbonyl (C=O) groups is 2. The summed E-state index contributed by atoms with van der Waals surface area (Å²) in [6.45, 7) is 3.22. The third kappa shape index (κ3) is 2.75. The Balaban J connectivity index is 1.71. The first-order chi connectivity index (χ1) is 14.3. The molecule has 6 nitrogen and oxygen atoms in total. The van der Waals surface area contributed by atoms with Gasteiger partial charge in [0, 0.05) is 25.3 Å². The minimum atomic E-state index is -1.23. The van der Waals surface area contributed by atoms with Crippen molar-refractivity contribution in [1.29, 1.82) is 0 Å². The zero-order valence-corrected chi connectivity index (χ0v) is 18.1. The monoisotopic (exact) mass is 414 g/mol. The summed E-state index contributed by atoms with van der Waals surface area (Å²) in [4.78, 5) is 26.7. The molecule has 0 unspecified atom stereocenters. The van der Waals surface area contributed by atoms with Crippen molar-refractivity contribution < 1.29 is 28.5 Å². The molecular weight excluding hydrogens is 384 g/mol. The molecule has 1 aromatic rings. The molecule has 1 aliphatic heterocycles. The van der Waals surface area contributed by atoms with Gasteiger partial charge in [0.1, 0.15) is 11.5 Å². The Hall–Kier alpha value is -2.24. The van der Waals surface area contributed by atoms with Crippen molar-refractivity contribution in [1.82, 2.24) is 0 Å².